The van der Waals surface area contributed by atoms with E-state index < -0.39 is 0 Å². The zero-order chi connectivity index (χ0) is 16.2. The second-order valence-corrected chi connectivity index (χ2v) is 6.84. The van der Waals surface area contributed by atoms with Gasteiger partial charge >= 0.3 is 0 Å². The highest BCUT2D eigenvalue weighted by Crippen LogP contribution is 2.31. The third-order valence-corrected chi connectivity index (χ3v) is 5.32. The number of carbonyl (C=O) groups excluding carboxylic acids is 1. The standard InChI is InChI=1S/C18H22N2O2S/c1-3-22-14-10-8-13(9-11-14)12-17(21)20(2)18-19-15-6-4-5-7-16(15)23-18/h8-11H,3-7,12H2,1-2H3. The Hall–Kier alpha value is -1.88. The lowest BCUT2D eigenvalue weighted by Crippen LogP contribution is -2.27. The summed E-state index contributed by atoms with van der Waals surface area (Å²) in [4.78, 5) is 20.2. The van der Waals surface area contributed by atoms with Gasteiger partial charge in [-0.25, -0.2) is 4.98 Å². The van der Waals surface area contributed by atoms with Gasteiger partial charge in [0.2, 0.25) is 5.91 Å². The average Bonchev–Trinajstić information content (AvgIpc) is 3.00. The number of benzene rings is 1. The van der Waals surface area contributed by atoms with Crippen LogP contribution in [-0.4, -0.2) is 24.5 Å². The van der Waals surface area contributed by atoms with Gasteiger partial charge in [-0.2, -0.15) is 0 Å². The molecular weight excluding hydrogens is 308 g/mol. The molecule has 0 fully saturated rings. The number of carbonyl (C=O) groups is 1. The Kier molecular flexibility index (Phi) is 4.96. The number of hydrogen-bond acceptors (Lipinski definition) is 4. The summed E-state index contributed by atoms with van der Waals surface area (Å²) in [7, 11) is 1.82. The molecule has 5 heteroatoms. The van der Waals surface area contributed by atoms with Gasteiger partial charge in [0.15, 0.2) is 5.13 Å². The van der Waals surface area contributed by atoms with E-state index in [0.717, 1.165) is 29.3 Å². The SMILES string of the molecule is CCOc1ccc(CC(=O)N(C)c2nc3c(s2)CCCC3)cc1. The topological polar surface area (TPSA) is 42.4 Å². The monoisotopic (exact) mass is 330 g/mol. The van der Waals surface area contributed by atoms with E-state index in [4.69, 9.17) is 4.74 Å². The summed E-state index contributed by atoms with van der Waals surface area (Å²) in [5.74, 6) is 0.907. The van der Waals surface area contributed by atoms with E-state index in [0.29, 0.717) is 13.0 Å². The van der Waals surface area contributed by atoms with Gasteiger partial charge in [-0.15, -0.1) is 11.3 Å². The number of fused-ring (bicyclic) bond motifs is 1. The van der Waals surface area contributed by atoms with E-state index >= 15 is 0 Å². The van der Waals surface area contributed by atoms with Gasteiger partial charge < -0.3 is 4.74 Å². The molecule has 23 heavy (non-hydrogen) atoms. The summed E-state index contributed by atoms with van der Waals surface area (Å²) in [6, 6.07) is 7.72. The maximum absolute atomic E-state index is 12.5. The van der Waals surface area contributed by atoms with E-state index in [2.05, 4.69) is 4.98 Å². The van der Waals surface area contributed by atoms with Gasteiger partial charge in [0.1, 0.15) is 5.75 Å². The molecule has 0 N–H and O–H groups in total. The molecule has 3 rings (SSSR count). The van der Waals surface area contributed by atoms with Crippen LogP contribution in [0.15, 0.2) is 24.3 Å². The summed E-state index contributed by atoms with van der Waals surface area (Å²) >= 11 is 1.67. The lowest BCUT2D eigenvalue weighted by Gasteiger charge is -2.14. The maximum Gasteiger partial charge on any atom is 0.232 e. The minimum absolute atomic E-state index is 0.0697. The highest BCUT2D eigenvalue weighted by Gasteiger charge is 2.20. The fraction of sp³-hybridized carbons (Fsp3) is 0.444. The van der Waals surface area contributed by atoms with Crippen LogP contribution in [0.3, 0.4) is 0 Å². The molecule has 0 aliphatic heterocycles. The second kappa shape index (κ2) is 7.13. The Morgan fingerprint density at radius 3 is 2.70 bits per heavy atom. The lowest BCUT2D eigenvalue weighted by molar-refractivity contribution is -0.117. The molecule has 0 spiro atoms. The van der Waals surface area contributed by atoms with Crippen LogP contribution in [0.5, 0.6) is 5.75 Å². The van der Waals surface area contributed by atoms with Crippen LogP contribution >= 0.6 is 11.3 Å². The smallest absolute Gasteiger partial charge is 0.232 e. The molecule has 1 amide bonds. The van der Waals surface area contributed by atoms with Gasteiger partial charge in [-0.05, 0) is 50.3 Å². The molecule has 0 unspecified atom stereocenters. The third-order valence-electron chi connectivity index (χ3n) is 4.09. The molecule has 1 aromatic heterocycles. The molecule has 0 atom stereocenters. The van der Waals surface area contributed by atoms with E-state index in [1.54, 1.807) is 16.2 Å². The van der Waals surface area contributed by atoms with Crippen molar-refractivity contribution in [3.63, 3.8) is 0 Å². The molecule has 1 aliphatic rings. The normalized spacial score (nSPS) is 13.5. The molecule has 0 bridgehead atoms. The van der Waals surface area contributed by atoms with Crippen LogP contribution in [0.2, 0.25) is 0 Å². The van der Waals surface area contributed by atoms with Crippen LogP contribution in [0.1, 0.15) is 35.9 Å². The van der Waals surface area contributed by atoms with E-state index in [1.807, 2.05) is 38.2 Å². The third kappa shape index (κ3) is 3.72. The fourth-order valence-electron chi connectivity index (χ4n) is 2.75. The first-order valence-electron chi connectivity index (χ1n) is 8.14. The molecule has 0 saturated carbocycles. The quantitative estimate of drug-likeness (QED) is 0.841. The minimum Gasteiger partial charge on any atom is -0.494 e. The highest BCUT2D eigenvalue weighted by molar-refractivity contribution is 7.15. The van der Waals surface area contributed by atoms with E-state index in [1.165, 1.54) is 23.4 Å². The lowest BCUT2D eigenvalue weighted by atomic mass is 10.0. The summed E-state index contributed by atoms with van der Waals surface area (Å²) in [5, 5.41) is 0.827. The number of aromatic nitrogens is 1. The van der Waals surface area contributed by atoms with Gasteiger partial charge in [0, 0.05) is 11.9 Å². The van der Waals surface area contributed by atoms with Gasteiger partial charge in [0.25, 0.3) is 0 Å². The molecular formula is C18H22N2O2S. The van der Waals surface area contributed by atoms with Gasteiger partial charge in [-0.1, -0.05) is 12.1 Å². The Morgan fingerprint density at radius 1 is 1.26 bits per heavy atom. The van der Waals surface area contributed by atoms with E-state index in [9.17, 15) is 4.79 Å². The number of anilines is 1. The molecule has 0 radical (unpaired) electrons. The largest absolute Gasteiger partial charge is 0.494 e. The van der Waals surface area contributed by atoms with Crippen LogP contribution in [-0.2, 0) is 24.1 Å². The summed E-state index contributed by atoms with van der Waals surface area (Å²) in [6.45, 7) is 2.61. The molecule has 2 aromatic rings. The predicted octanol–water partition coefficient (Wildman–Crippen LogP) is 3.63. The number of thiazole rings is 1. The zero-order valence-electron chi connectivity index (χ0n) is 13.7. The van der Waals surface area contributed by atoms with E-state index in [-0.39, 0.29) is 5.91 Å². The van der Waals surface area contributed by atoms with Crippen molar-refractivity contribution in [3.05, 3.63) is 40.4 Å². The Labute approximate surface area is 141 Å². The van der Waals surface area contributed by atoms with Crippen molar-refractivity contribution in [2.75, 3.05) is 18.6 Å². The molecule has 1 heterocycles. The number of amides is 1. The number of aryl methyl sites for hydroxylation is 2. The van der Waals surface area contributed by atoms with Crippen LogP contribution < -0.4 is 9.64 Å². The van der Waals surface area contributed by atoms with Crippen molar-refractivity contribution >= 4 is 22.4 Å². The highest BCUT2D eigenvalue weighted by atomic mass is 32.1. The van der Waals surface area contributed by atoms with Crippen molar-refractivity contribution in [3.8, 4) is 5.75 Å². The van der Waals surface area contributed by atoms with Crippen molar-refractivity contribution < 1.29 is 9.53 Å². The van der Waals surface area contributed by atoms with Crippen molar-refractivity contribution in [1.29, 1.82) is 0 Å². The second-order valence-electron chi connectivity index (χ2n) is 5.78. The number of ether oxygens (including phenoxy) is 1. The molecule has 1 aliphatic carbocycles. The van der Waals surface area contributed by atoms with Crippen LogP contribution in [0.25, 0.3) is 0 Å². The first-order valence-corrected chi connectivity index (χ1v) is 8.96. The fourth-order valence-corrected chi connectivity index (χ4v) is 3.88. The molecule has 4 nitrogen and oxygen atoms in total. The van der Waals surface area contributed by atoms with Gasteiger partial charge in [-0.3, -0.25) is 9.69 Å². The van der Waals surface area contributed by atoms with Crippen LogP contribution in [0, 0.1) is 0 Å². The summed E-state index contributed by atoms with van der Waals surface area (Å²) < 4.78 is 5.43. The van der Waals surface area contributed by atoms with Gasteiger partial charge in [0.05, 0.1) is 18.7 Å². The predicted molar refractivity (Wildman–Crippen MR) is 93.5 cm³/mol. The number of likely N-dealkylation sites (N-methyl/N-ethyl adjacent to an activating group) is 1. The molecule has 0 saturated heterocycles. The molecule has 122 valence electrons. The minimum atomic E-state index is 0.0697. The van der Waals surface area contributed by atoms with Crippen molar-refractivity contribution in [1.82, 2.24) is 4.98 Å². The van der Waals surface area contributed by atoms with Crippen molar-refractivity contribution in [2.24, 2.45) is 0 Å². The Bertz CT molecular complexity index is 655. The Balaban J connectivity index is 1.66. The first kappa shape index (κ1) is 16.0. The number of nitrogens with zero attached hydrogens (tertiary/aromatic N) is 2. The summed E-state index contributed by atoms with van der Waals surface area (Å²) in [6.07, 6.45) is 4.98. The van der Waals surface area contributed by atoms with Crippen LogP contribution in [0.4, 0.5) is 5.13 Å². The number of rotatable bonds is 5. The first-order chi connectivity index (χ1) is 11.2. The maximum atomic E-state index is 12.5. The number of hydrogen-bond donors (Lipinski definition) is 0. The van der Waals surface area contributed by atoms with Crippen molar-refractivity contribution in [2.45, 2.75) is 39.0 Å². The Morgan fingerprint density at radius 2 is 2.00 bits per heavy atom. The zero-order valence-corrected chi connectivity index (χ0v) is 14.5. The summed E-state index contributed by atoms with van der Waals surface area (Å²) in [5.41, 5.74) is 2.18. The molecule has 1 aromatic carbocycles. The average molecular weight is 330 g/mol.